The Morgan fingerprint density at radius 3 is 2.70 bits per heavy atom. The Hall–Kier alpha value is -1.78. The zero-order chi connectivity index (χ0) is 17.4. The summed E-state index contributed by atoms with van der Waals surface area (Å²) in [5.74, 6) is 0.0491. The molecule has 2 unspecified atom stereocenters. The third-order valence-electron chi connectivity index (χ3n) is 4.82. The van der Waals surface area contributed by atoms with Gasteiger partial charge in [0.1, 0.15) is 5.60 Å². The van der Waals surface area contributed by atoms with Crippen LogP contribution in [0.1, 0.15) is 47.5 Å². The maximum Gasteiger partial charge on any atom is 0.410 e. The Balaban J connectivity index is 2.26. The van der Waals surface area contributed by atoms with E-state index in [1.54, 1.807) is 4.90 Å². The average molecular weight is 321 g/mol. The molecule has 1 saturated carbocycles. The number of carbonyl (C=O) groups is 2. The van der Waals surface area contributed by atoms with Crippen molar-refractivity contribution in [1.29, 1.82) is 0 Å². The molecule has 2 rings (SSSR count). The summed E-state index contributed by atoms with van der Waals surface area (Å²) in [5.41, 5.74) is 0.424. The van der Waals surface area contributed by atoms with Crippen molar-refractivity contribution < 1.29 is 19.4 Å². The van der Waals surface area contributed by atoms with Crippen molar-refractivity contribution in [2.75, 3.05) is 13.1 Å². The molecule has 128 valence electrons. The van der Waals surface area contributed by atoms with Crippen molar-refractivity contribution in [3.8, 4) is 0 Å². The Kier molecular flexibility index (Phi) is 4.60. The Morgan fingerprint density at radius 1 is 1.52 bits per heavy atom. The van der Waals surface area contributed by atoms with Crippen LogP contribution in [0.4, 0.5) is 4.79 Å². The summed E-state index contributed by atoms with van der Waals surface area (Å²) >= 11 is 0. The van der Waals surface area contributed by atoms with E-state index >= 15 is 0 Å². The number of aliphatic hydroxyl groups is 1. The SMILES string of the molecule is CCC1(C)C(=O)/C(=C\O)CC2CN(C(=O)OC(C)(C)C)CC=C21. The minimum Gasteiger partial charge on any atom is -0.515 e. The predicted molar refractivity (Wildman–Crippen MR) is 88.1 cm³/mol. The quantitative estimate of drug-likeness (QED) is 0.455. The van der Waals surface area contributed by atoms with Crippen molar-refractivity contribution >= 4 is 11.9 Å². The van der Waals surface area contributed by atoms with Gasteiger partial charge in [-0.2, -0.15) is 0 Å². The molecule has 2 aliphatic rings. The molecule has 0 radical (unpaired) electrons. The van der Waals surface area contributed by atoms with Crippen LogP contribution in [-0.2, 0) is 9.53 Å². The average Bonchev–Trinajstić information content (AvgIpc) is 2.48. The van der Waals surface area contributed by atoms with Crippen LogP contribution >= 0.6 is 0 Å². The van der Waals surface area contributed by atoms with Crippen LogP contribution in [0.15, 0.2) is 23.5 Å². The highest BCUT2D eigenvalue weighted by atomic mass is 16.6. The number of hydrogen-bond donors (Lipinski definition) is 1. The van der Waals surface area contributed by atoms with E-state index < -0.39 is 11.0 Å². The van der Waals surface area contributed by atoms with Crippen LogP contribution in [0.25, 0.3) is 0 Å². The number of Topliss-reactive ketones (excluding diaryl/α,β-unsaturated/α-hetero) is 1. The van der Waals surface area contributed by atoms with Gasteiger partial charge in [0, 0.05) is 24.6 Å². The van der Waals surface area contributed by atoms with Crippen LogP contribution in [0.2, 0.25) is 0 Å². The summed E-state index contributed by atoms with van der Waals surface area (Å²) in [6.07, 6.45) is 3.73. The van der Waals surface area contributed by atoms with Crippen LogP contribution < -0.4 is 0 Å². The molecule has 2 atom stereocenters. The van der Waals surface area contributed by atoms with Gasteiger partial charge in [-0.05, 0) is 40.5 Å². The summed E-state index contributed by atoms with van der Waals surface area (Å²) in [7, 11) is 0. The molecule has 0 aromatic heterocycles. The van der Waals surface area contributed by atoms with E-state index in [9.17, 15) is 14.7 Å². The minimum atomic E-state index is -0.586. The molecule has 1 amide bonds. The number of ether oxygens (including phenoxy) is 1. The number of hydrogen-bond acceptors (Lipinski definition) is 4. The molecule has 1 heterocycles. The largest absolute Gasteiger partial charge is 0.515 e. The Morgan fingerprint density at radius 2 is 2.17 bits per heavy atom. The van der Waals surface area contributed by atoms with Crippen LogP contribution in [0, 0.1) is 11.3 Å². The number of allylic oxidation sites excluding steroid dienone is 1. The van der Waals surface area contributed by atoms with Crippen LogP contribution in [-0.4, -0.2) is 40.6 Å². The first-order valence-corrected chi connectivity index (χ1v) is 8.19. The second-order valence-electron chi connectivity index (χ2n) is 7.61. The maximum absolute atomic E-state index is 12.6. The van der Waals surface area contributed by atoms with Crippen molar-refractivity contribution in [2.24, 2.45) is 11.3 Å². The third-order valence-corrected chi connectivity index (χ3v) is 4.82. The number of fused-ring (bicyclic) bond motifs is 1. The van der Waals surface area contributed by atoms with Crippen molar-refractivity contribution in [2.45, 2.75) is 53.1 Å². The molecule has 1 aliphatic heterocycles. The molecule has 0 bridgehead atoms. The summed E-state index contributed by atoms with van der Waals surface area (Å²) in [6.45, 7) is 10.4. The van der Waals surface area contributed by atoms with Gasteiger partial charge in [0.2, 0.25) is 0 Å². The fourth-order valence-corrected chi connectivity index (χ4v) is 3.46. The number of ketones is 1. The monoisotopic (exact) mass is 321 g/mol. The molecular formula is C18H27NO4. The topological polar surface area (TPSA) is 66.8 Å². The summed E-state index contributed by atoms with van der Waals surface area (Å²) < 4.78 is 5.44. The van der Waals surface area contributed by atoms with Crippen molar-refractivity contribution in [3.63, 3.8) is 0 Å². The smallest absolute Gasteiger partial charge is 0.410 e. The van der Waals surface area contributed by atoms with E-state index in [4.69, 9.17) is 4.74 Å². The molecule has 0 spiro atoms. The normalized spacial score (nSPS) is 30.0. The number of aliphatic hydroxyl groups excluding tert-OH is 1. The molecule has 5 heteroatoms. The van der Waals surface area contributed by atoms with E-state index in [1.165, 1.54) is 0 Å². The molecule has 1 N–H and O–H groups in total. The van der Waals surface area contributed by atoms with Gasteiger partial charge < -0.3 is 14.7 Å². The minimum absolute atomic E-state index is 0.00396. The Bertz CT molecular complexity index is 570. The summed E-state index contributed by atoms with van der Waals surface area (Å²) in [4.78, 5) is 26.5. The standard InChI is InChI=1S/C18H27NO4/c1-6-18(5)14-7-8-19(16(22)23-17(2,3)4)10-12(14)9-13(11-20)15(18)21/h7,11-12,20H,6,8-10H2,1-5H3/b13-11-. The lowest BCUT2D eigenvalue weighted by Gasteiger charge is -2.44. The summed E-state index contributed by atoms with van der Waals surface area (Å²) in [5, 5.41) is 9.40. The fraction of sp³-hybridized carbons (Fsp3) is 0.667. The van der Waals surface area contributed by atoms with E-state index in [2.05, 4.69) is 0 Å². The lowest BCUT2D eigenvalue weighted by Crippen LogP contribution is -2.48. The van der Waals surface area contributed by atoms with Gasteiger partial charge in [0.05, 0.1) is 11.7 Å². The molecular weight excluding hydrogens is 294 g/mol. The second kappa shape index (κ2) is 6.02. The molecule has 1 fully saturated rings. The molecule has 0 aromatic rings. The molecule has 0 saturated heterocycles. The number of nitrogens with zero attached hydrogens (tertiary/aromatic N) is 1. The van der Waals surface area contributed by atoms with Gasteiger partial charge in [-0.1, -0.05) is 18.6 Å². The van der Waals surface area contributed by atoms with Gasteiger partial charge in [-0.3, -0.25) is 4.79 Å². The number of carbonyl (C=O) groups excluding carboxylic acids is 2. The number of rotatable bonds is 1. The first kappa shape index (κ1) is 17.6. The predicted octanol–water partition coefficient (Wildman–Crippen LogP) is 3.61. The van der Waals surface area contributed by atoms with Gasteiger partial charge in [0.25, 0.3) is 0 Å². The lowest BCUT2D eigenvalue weighted by atomic mass is 9.62. The molecule has 1 aliphatic carbocycles. The highest BCUT2D eigenvalue weighted by molar-refractivity contribution is 6.03. The summed E-state index contributed by atoms with van der Waals surface area (Å²) in [6, 6.07) is 0. The van der Waals surface area contributed by atoms with E-state index in [0.717, 1.165) is 11.8 Å². The van der Waals surface area contributed by atoms with E-state index in [-0.39, 0.29) is 17.8 Å². The van der Waals surface area contributed by atoms with Crippen molar-refractivity contribution in [1.82, 2.24) is 4.90 Å². The first-order valence-electron chi connectivity index (χ1n) is 8.19. The molecule has 23 heavy (non-hydrogen) atoms. The van der Waals surface area contributed by atoms with E-state index in [1.807, 2.05) is 40.7 Å². The zero-order valence-electron chi connectivity index (χ0n) is 14.7. The maximum atomic E-state index is 12.6. The van der Waals surface area contributed by atoms with Crippen LogP contribution in [0.5, 0.6) is 0 Å². The van der Waals surface area contributed by atoms with Gasteiger partial charge in [0.15, 0.2) is 5.78 Å². The van der Waals surface area contributed by atoms with Gasteiger partial charge >= 0.3 is 6.09 Å². The highest BCUT2D eigenvalue weighted by Gasteiger charge is 2.47. The van der Waals surface area contributed by atoms with Crippen molar-refractivity contribution in [3.05, 3.63) is 23.5 Å². The molecule has 5 nitrogen and oxygen atoms in total. The van der Waals surface area contributed by atoms with Crippen LogP contribution in [0.3, 0.4) is 0 Å². The lowest BCUT2D eigenvalue weighted by molar-refractivity contribution is -0.124. The fourth-order valence-electron chi connectivity index (χ4n) is 3.46. The second-order valence-corrected chi connectivity index (χ2v) is 7.61. The van der Waals surface area contributed by atoms with Gasteiger partial charge in [-0.15, -0.1) is 0 Å². The first-order chi connectivity index (χ1) is 10.6. The highest BCUT2D eigenvalue weighted by Crippen LogP contribution is 2.47. The zero-order valence-corrected chi connectivity index (χ0v) is 14.7. The number of amides is 1. The van der Waals surface area contributed by atoms with Gasteiger partial charge in [-0.25, -0.2) is 4.79 Å². The third kappa shape index (κ3) is 3.28. The Labute approximate surface area is 138 Å². The van der Waals surface area contributed by atoms with E-state index in [0.29, 0.717) is 31.5 Å². The molecule has 0 aromatic carbocycles.